The number of hydrogen-bond donors (Lipinski definition) is 0. The van der Waals surface area contributed by atoms with Crippen molar-refractivity contribution < 1.29 is 19.1 Å². The summed E-state index contributed by atoms with van der Waals surface area (Å²) < 4.78 is 6.27. The zero-order chi connectivity index (χ0) is 21.1. The summed E-state index contributed by atoms with van der Waals surface area (Å²) in [5.74, 6) is -0.989. The molecule has 0 aliphatic carbocycles. The molecule has 0 N–H and O–H groups in total. The van der Waals surface area contributed by atoms with E-state index in [2.05, 4.69) is 6.92 Å². The number of aliphatic carboxylic acids is 1. The van der Waals surface area contributed by atoms with E-state index in [4.69, 9.17) is 4.74 Å². The molecule has 0 saturated carbocycles. The average molecular weight is 400 g/mol. The average Bonchev–Trinajstić information content (AvgIpc) is 2.60. The van der Waals surface area contributed by atoms with Crippen molar-refractivity contribution in [3.63, 3.8) is 0 Å². The highest BCUT2D eigenvalue weighted by atomic mass is 16.5. The van der Waals surface area contributed by atoms with E-state index < -0.39 is 5.97 Å². The summed E-state index contributed by atoms with van der Waals surface area (Å²) in [5, 5.41) is 10.9. The largest absolute Gasteiger partial charge is 0.544 e. The minimum atomic E-state index is -0.989. The van der Waals surface area contributed by atoms with Gasteiger partial charge in [0, 0.05) is 6.61 Å². The molecule has 1 atom stereocenters. The third kappa shape index (κ3) is 18.7. The Morgan fingerprint density at radius 3 is 1.61 bits per heavy atom. The van der Waals surface area contributed by atoms with Crippen molar-refractivity contribution in [2.75, 3.05) is 33.8 Å². The molecular weight excluding hydrogens is 350 g/mol. The van der Waals surface area contributed by atoms with E-state index in [-0.39, 0.29) is 12.6 Å². The van der Waals surface area contributed by atoms with Gasteiger partial charge in [0.1, 0.15) is 19.2 Å². The van der Waals surface area contributed by atoms with Crippen LogP contribution in [-0.2, 0) is 9.53 Å². The predicted octanol–water partition coefficient (Wildman–Crippen LogP) is 5.09. The van der Waals surface area contributed by atoms with Gasteiger partial charge in [-0.05, 0) is 13.3 Å². The van der Waals surface area contributed by atoms with E-state index in [9.17, 15) is 9.90 Å². The van der Waals surface area contributed by atoms with Gasteiger partial charge in [-0.2, -0.15) is 0 Å². The van der Waals surface area contributed by atoms with Gasteiger partial charge in [-0.3, -0.25) is 0 Å². The molecule has 0 saturated heterocycles. The van der Waals surface area contributed by atoms with Crippen molar-refractivity contribution in [3.8, 4) is 0 Å². The Bertz CT molecular complexity index is 358. The van der Waals surface area contributed by atoms with E-state index in [0.717, 1.165) is 13.0 Å². The summed E-state index contributed by atoms with van der Waals surface area (Å²) in [5.41, 5.74) is 0. The molecule has 0 spiro atoms. The lowest BCUT2D eigenvalue weighted by atomic mass is 10.0. The van der Waals surface area contributed by atoms with Gasteiger partial charge in [-0.15, -0.1) is 0 Å². The quantitative estimate of drug-likeness (QED) is 0.199. The molecule has 0 heterocycles. The first-order chi connectivity index (χ1) is 13.4. The highest BCUT2D eigenvalue weighted by Crippen LogP contribution is 2.15. The SMILES string of the molecule is CCCCCCCCCCCCCCCCC(C[N+](C)(C)CC(=O)[O-])OCC. The Morgan fingerprint density at radius 1 is 0.786 bits per heavy atom. The van der Waals surface area contributed by atoms with Crippen LogP contribution in [0.5, 0.6) is 0 Å². The third-order valence-electron chi connectivity index (χ3n) is 5.54. The zero-order valence-electron chi connectivity index (χ0n) is 19.5. The molecule has 0 bridgehead atoms. The van der Waals surface area contributed by atoms with Crippen LogP contribution in [0.1, 0.15) is 110 Å². The Hall–Kier alpha value is -0.610. The standard InChI is InChI=1S/C24H49NO3/c1-5-7-8-9-10-11-12-13-14-15-16-17-18-19-20-23(28-6-2)21-25(3,4)22-24(26)27/h23H,5-22H2,1-4H3. The molecule has 28 heavy (non-hydrogen) atoms. The number of unbranched alkanes of at least 4 members (excludes halogenated alkanes) is 13. The molecule has 0 fully saturated rings. The van der Waals surface area contributed by atoms with Gasteiger partial charge < -0.3 is 19.1 Å². The monoisotopic (exact) mass is 399 g/mol. The van der Waals surface area contributed by atoms with Crippen molar-refractivity contribution in [2.24, 2.45) is 0 Å². The predicted molar refractivity (Wildman–Crippen MR) is 117 cm³/mol. The number of nitrogens with zero attached hydrogens (tertiary/aromatic N) is 1. The number of carboxylic acid groups (broad SMARTS) is 1. The molecule has 0 aliphatic heterocycles. The summed E-state index contributed by atoms with van der Waals surface area (Å²) >= 11 is 0. The summed E-state index contributed by atoms with van der Waals surface area (Å²) in [7, 11) is 3.88. The number of carboxylic acids is 1. The summed E-state index contributed by atoms with van der Waals surface area (Å²) in [4.78, 5) is 10.9. The van der Waals surface area contributed by atoms with E-state index in [1.54, 1.807) is 0 Å². The van der Waals surface area contributed by atoms with Crippen molar-refractivity contribution in [2.45, 2.75) is 116 Å². The van der Waals surface area contributed by atoms with Gasteiger partial charge >= 0.3 is 0 Å². The zero-order valence-corrected chi connectivity index (χ0v) is 19.5. The third-order valence-corrected chi connectivity index (χ3v) is 5.54. The second-order valence-corrected chi connectivity index (χ2v) is 9.11. The van der Waals surface area contributed by atoms with Crippen LogP contribution in [0.3, 0.4) is 0 Å². The van der Waals surface area contributed by atoms with Gasteiger partial charge in [0.15, 0.2) is 0 Å². The van der Waals surface area contributed by atoms with Gasteiger partial charge in [-0.1, -0.05) is 96.8 Å². The van der Waals surface area contributed by atoms with Crippen molar-refractivity contribution in [1.82, 2.24) is 0 Å². The molecule has 4 nitrogen and oxygen atoms in total. The van der Waals surface area contributed by atoms with Crippen molar-refractivity contribution >= 4 is 5.97 Å². The molecule has 0 aromatic rings. The molecule has 4 heteroatoms. The first-order valence-electron chi connectivity index (χ1n) is 12.0. The maximum absolute atomic E-state index is 10.9. The summed E-state index contributed by atoms with van der Waals surface area (Å²) in [6, 6.07) is 0. The lowest BCUT2D eigenvalue weighted by molar-refractivity contribution is -0.888. The van der Waals surface area contributed by atoms with Crippen molar-refractivity contribution in [1.29, 1.82) is 0 Å². The molecule has 1 unspecified atom stereocenters. The van der Waals surface area contributed by atoms with Crippen LogP contribution in [0, 0.1) is 0 Å². The molecule has 0 aromatic heterocycles. The van der Waals surface area contributed by atoms with Crippen LogP contribution in [-0.4, -0.2) is 50.3 Å². The van der Waals surface area contributed by atoms with Crippen LogP contribution in [0.2, 0.25) is 0 Å². The Balaban J connectivity index is 3.59. The fourth-order valence-corrected chi connectivity index (χ4v) is 3.99. The smallest absolute Gasteiger partial charge is 0.119 e. The molecule has 0 amide bonds. The highest BCUT2D eigenvalue weighted by molar-refractivity contribution is 5.65. The van der Waals surface area contributed by atoms with Gasteiger partial charge in [0.2, 0.25) is 0 Å². The topological polar surface area (TPSA) is 49.4 Å². The highest BCUT2D eigenvalue weighted by Gasteiger charge is 2.22. The van der Waals surface area contributed by atoms with Crippen molar-refractivity contribution in [3.05, 3.63) is 0 Å². The van der Waals surface area contributed by atoms with E-state index in [1.807, 2.05) is 21.0 Å². The number of carbonyl (C=O) groups is 1. The van der Waals surface area contributed by atoms with Crippen LogP contribution >= 0.6 is 0 Å². The molecule has 0 aromatic carbocycles. The van der Waals surface area contributed by atoms with Crippen LogP contribution in [0.4, 0.5) is 0 Å². The minimum absolute atomic E-state index is 0.0440. The fourth-order valence-electron chi connectivity index (χ4n) is 3.99. The van der Waals surface area contributed by atoms with Gasteiger partial charge in [0.25, 0.3) is 0 Å². The molecule has 0 radical (unpaired) electrons. The molecule has 168 valence electrons. The molecule has 0 rings (SSSR count). The fraction of sp³-hybridized carbons (Fsp3) is 0.958. The van der Waals surface area contributed by atoms with E-state index in [1.165, 1.54) is 89.9 Å². The Kier molecular flexibility index (Phi) is 18.0. The number of rotatable bonds is 21. The maximum Gasteiger partial charge on any atom is 0.119 e. The second kappa shape index (κ2) is 18.4. The van der Waals surface area contributed by atoms with E-state index >= 15 is 0 Å². The lowest BCUT2D eigenvalue weighted by Gasteiger charge is -2.33. The Morgan fingerprint density at radius 2 is 1.21 bits per heavy atom. The lowest BCUT2D eigenvalue weighted by Crippen LogP contribution is -2.52. The van der Waals surface area contributed by atoms with Crippen LogP contribution < -0.4 is 5.11 Å². The number of likely N-dealkylation sites (N-methyl/N-ethyl adjacent to an activating group) is 1. The van der Waals surface area contributed by atoms with Crippen LogP contribution in [0.15, 0.2) is 0 Å². The first-order valence-corrected chi connectivity index (χ1v) is 12.0. The normalized spacial score (nSPS) is 13.0. The maximum atomic E-state index is 10.9. The number of ether oxygens (including phenoxy) is 1. The number of carbonyl (C=O) groups excluding carboxylic acids is 1. The van der Waals surface area contributed by atoms with Gasteiger partial charge in [0.05, 0.1) is 20.1 Å². The Labute approximate surface area is 175 Å². The first kappa shape index (κ1) is 27.4. The van der Waals surface area contributed by atoms with Crippen LogP contribution in [0.25, 0.3) is 0 Å². The summed E-state index contributed by atoms with van der Waals surface area (Å²) in [6.07, 6.45) is 20.3. The minimum Gasteiger partial charge on any atom is -0.544 e. The number of quaternary nitrogens is 1. The summed E-state index contributed by atoms with van der Waals surface area (Å²) in [6.45, 7) is 5.76. The number of hydrogen-bond acceptors (Lipinski definition) is 3. The van der Waals surface area contributed by atoms with E-state index in [0.29, 0.717) is 11.1 Å². The van der Waals surface area contributed by atoms with Gasteiger partial charge in [-0.25, -0.2) is 0 Å². The second-order valence-electron chi connectivity index (χ2n) is 9.11. The molecular formula is C24H49NO3. The molecule has 0 aliphatic rings.